The van der Waals surface area contributed by atoms with Gasteiger partial charge in [-0.1, -0.05) is 37.7 Å². The van der Waals surface area contributed by atoms with Crippen LogP contribution in [0, 0.1) is 5.92 Å². The van der Waals surface area contributed by atoms with Crippen LogP contribution in [0.3, 0.4) is 0 Å². The van der Waals surface area contributed by atoms with Gasteiger partial charge in [-0.05, 0) is 42.4 Å². The third kappa shape index (κ3) is 4.38. The second-order valence-corrected chi connectivity index (χ2v) is 7.30. The van der Waals surface area contributed by atoms with E-state index >= 15 is 0 Å². The number of aromatic nitrogens is 2. The molecule has 0 aliphatic heterocycles. The van der Waals surface area contributed by atoms with Crippen molar-refractivity contribution in [2.45, 2.75) is 37.8 Å². The normalized spacial score (nSPS) is 14.2. The molecule has 0 unspecified atom stereocenters. The van der Waals surface area contributed by atoms with Gasteiger partial charge < -0.3 is 5.32 Å². The lowest BCUT2D eigenvalue weighted by molar-refractivity contribution is -0.118. The lowest BCUT2D eigenvalue weighted by Crippen LogP contribution is -2.27. The zero-order valence-electron chi connectivity index (χ0n) is 13.7. The molecule has 2 aromatic rings. The molecule has 1 aliphatic rings. The lowest BCUT2D eigenvalue weighted by Gasteiger charge is -2.10. The van der Waals surface area contributed by atoms with Crippen LogP contribution in [0.15, 0.2) is 41.8 Å². The van der Waals surface area contributed by atoms with E-state index in [2.05, 4.69) is 48.4 Å². The van der Waals surface area contributed by atoms with E-state index in [1.807, 2.05) is 10.8 Å². The molecule has 1 aromatic carbocycles. The van der Waals surface area contributed by atoms with Crippen molar-refractivity contribution in [2.24, 2.45) is 5.92 Å². The third-order valence-electron chi connectivity index (χ3n) is 4.06. The minimum atomic E-state index is 0.0894. The van der Waals surface area contributed by atoms with E-state index in [0.29, 0.717) is 17.6 Å². The first-order valence-electron chi connectivity index (χ1n) is 8.16. The minimum Gasteiger partial charge on any atom is -0.355 e. The summed E-state index contributed by atoms with van der Waals surface area (Å²) >= 11 is 1.48. The number of carbonyl (C=O) groups is 1. The van der Waals surface area contributed by atoms with E-state index in [4.69, 9.17) is 0 Å². The zero-order valence-corrected chi connectivity index (χ0v) is 14.5. The Hall–Kier alpha value is -1.75. The molecule has 1 saturated carbocycles. The molecule has 1 heterocycles. The number of benzene rings is 1. The number of nitrogens with zero attached hydrogens (tertiary/aromatic N) is 2. The smallest absolute Gasteiger partial charge is 0.230 e. The summed E-state index contributed by atoms with van der Waals surface area (Å²) in [6.45, 7) is 5.20. The van der Waals surface area contributed by atoms with Crippen LogP contribution in [0.4, 0.5) is 0 Å². The molecule has 122 valence electrons. The number of imidazole rings is 1. The molecule has 1 N–H and O–H groups in total. The molecule has 5 heteroatoms. The third-order valence-corrected chi connectivity index (χ3v) is 5.03. The number of amides is 1. The summed E-state index contributed by atoms with van der Waals surface area (Å²) < 4.78 is 2.03. The first-order valence-corrected chi connectivity index (χ1v) is 9.15. The van der Waals surface area contributed by atoms with E-state index in [9.17, 15) is 4.79 Å². The summed E-state index contributed by atoms with van der Waals surface area (Å²) in [5.41, 5.74) is 2.40. The largest absolute Gasteiger partial charge is 0.355 e. The van der Waals surface area contributed by atoms with Gasteiger partial charge in [0.1, 0.15) is 0 Å². The number of carbonyl (C=O) groups excluding carboxylic acids is 1. The van der Waals surface area contributed by atoms with Crippen LogP contribution >= 0.6 is 11.8 Å². The van der Waals surface area contributed by atoms with Crippen molar-refractivity contribution >= 4 is 17.7 Å². The number of hydrogen-bond acceptors (Lipinski definition) is 3. The van der Waals surface area contributed by atoms with Crippen LogP contribution in [0.25, 0.3) is 5.69 Å². The summed E-state index contributed by atoms with van der Waals surface area (Å²) in [4.78, 5) is 16.2. The standard InChI is InChI=1S/C18H23N3OS/c1-13(2)15-5-7-16(8-6-15)21-10-9-19-18(21)23-12-17(22)20-11-14-3-4-14/h5-10,13-14H,3-4,11-12H2,1-2H3,(H,20,22). The highest BCUT2D eigenvalue weighted by molar-refractivity contribution is 7.99. The van der Waals surface area contributed by atoms with Gasteiger partial charge in [0.25, 0.3) is 0 Å². The molecule has 1 fully saturated rings. The van der Waals surface area contributed by atoms with Crippen LogP contribution in [-0.2, 0) is 4.79 Å². The molecule has 3 rings (SSSR count). The van der Waals surface area contributed by atoms with Gasteiger partial charge >= 0.3 is 0 Å². The van der Waals surface area contributed by atoms with Crippen LogP contribution < -0.4 is 5.32 Å². The zero-order chi connectivity index (χ0) is 16.2. The van der Waals surface area contributed by atoms with Crippen LogP contribution in [0.1, 0.15) is 38.2 Å². The molecule has 0 saturated heterocycles. The minimum absolute atomic E-state index is 0.0894. The molecule has 0 atom stereocenters. The molecular weight excluding hydrogens is 306 g/mol. The van der Waals surface area contributed by atoms with Crippen molar-refractivity contribution in [3.8, 4) is 5.69 Å². The highest BCUT2D eigenvalue weighted by Crippen LogP contribution is 2.27. The Labute approximate surface area is 141 Å². The number of thioether (sulfide) groups is 1. The second kappa shape index (κ2) is 7.21. The van der Waals surface area contributed by atoms with Gasteiger partial charge in [-0.25, -0.2) is 4.98 Å². The Balaban J connectivity index is 1.60. The van der Waals surface area contributed by atoms with Crippen LogP contribution in [0.2, 0.25) is 0 Å². The fourth-order valence-corrected chi connectivity index (χ4v) is 3.18. The topological polar surface area (TPSA) is 46.9 Å². The average molecular weight is 329 g/mol. The second-order valence-electron chi connectivity index (χ2n) is 6.36. The van der Waals surface area contributed by atoms with E-state index in [-0.39, 0.29) is 5.91 Å². The number of nitrogens with one attached hydrogen (secondary N) is 1. The van der Waals surface area contributed by atoms with Gasteiger partial charge in [-0.15, -0.1) is 0 Å². The highest BCUT2D eigenvalue weighted by Gasteiger charge is 2.21. The van der Waals surface area contributed by atoms with Crippen LogP contribution in [0.5, 0.6) is 0 Å². The highest BCUT2D eigenvalue weighted by atomic mass is 32.2. The van der Waals surface area contributed by atoms with Crippen molar-refractivity contribution in [1.29, 1.82) is 0 Å². The summed E-state index contributed by atoms with van der Waals surface area (Å²) in [6, 6.07) is 8.51. The quantitative estimate of drug-likeness (QED) is 0.789. The Kier molecular flexibility index (Phi) is 5.06. The Morgan fingerprint density at radius 2 is 2.09 bits per heavy atom. The Bertz CT molecular complexity index is 659. The number of rotatable bonds is 7. The van der Waals surface area contributed by atoms with Gasteiger partial charge in [0.15, 0.2) is 5.16 Å². The Morgan fingerprint density at radius 3 is 2.74 bits per heavy atom. The maximum Gasteiger partial charge on any atom is 0.230 e. The summed E-state index contributed by atoms with van der Waals surface area (Å²) in [5.74, 6) is 1.74. The summed E-state index contributed by atoms with van der Waals surface area (Å²) in [6.07, 6.45) is 6.23. The fourth-order valence-electron chi connectivity index (χ4n) is 2.37. The van der Waals surface area contributed by atoms with Crippen molar-refractivity contribution in [1.82, 2.24) is 14.9 Å². The first kappa shape index (κ1) is 16.1. The van der Waals surface area contributed by atoms with E-state index in [1.165, 1.54) is 30.2 Å². The van der Waals surface area contributed by atoms with Crippen molar-refractivity contribution in [3.05, 3.63) is 42.2 Å². The van der Waals surface area contributed by atoms with Crippen molar-refractivity contribution in [2.75, 3.05) is 12.3 Å². The fraction of sp³-hybridized carbons (Fsp3) is 0.444. The van der Waals surface area contributed by atoms with E-state index in [0.717, 1.165) is 17.4 Å². The van der Waals surface area contributed by atoms with Gasteiger partial charge in [-0.3, -0.25) is 9.36 Å². The van der Waals surface area contributed by atoms with Gasteiger partial charge in [0.2, 0.25) is 5.91 Å². The predicted octanol–water partition coefficient (Wildman–Crippen LogP) is 3.61. The first-order chi connectivity index (χ1) is 11.1. The molecule has 1 aliphatic carbocycles. The molecule has 0 spiro atoms. The molecular formula is C18H23N3OS. The predicted molar refractivity (Wildman–Crippen MR) is 94.1 cm³/mol. The maximum atomic E-state index is 11.9. The number of hydrogen-bond donors (Lipinski definition) is 1. The van der Waals surface area contributed by atoms with Crippen molar-refractivity contribution in [3.63, 3.8) is 0 Å². The summed E-state index contributed by atoms with van der Waals surface area (Å²) in [5, 5.41) is 3.84. The maximum absolute atomic E-state index is 11.9. The van der Waals surface area contributed by atoms with Gasteiger partial charge in [0, 0.05) is 24.6 Å². The average Bonchev–Trinajstić information content (AvgIpc) is 3.27. The molecule has 0 bridgehead atoms. The Morgan fingerprint density at radius 1 is 1.35 bits per heavy atom. The monoisotopic (exact) mass is 329 g/mol. The lowest BCUT2D eigenvalue weighted by atomic mass is 10.0. The van der Waals surface area contributed by atoms with Gasteiger partial charge in [0.05, 0.1) is 5.75 Å². The molecule has 1 aromatic heterocycles. The molecule has 1 amide bonds. The molecule has 4 nitrogen and oxygen atoms in total. The summed E-state index contributed by atoms with van der Waals surface area (Å²) in [7, 11) is 0. The van der Waals surface area contributed by atoms with Crippen molar-refractivity contribution < 1.29 is 4.79 Å². The van der Waals surface area contributed by atoms with E-state index in [1.54, 1.807) is 6.20 Å². The SMILES string of the molecule is CC(C)c1ccc(-n2ccnc2SCC(=O)NCC2CC2)cc1. The van der Waals surface area contributed by atoms with Gasteiger partial charge in [-0.2, -0.15) is 0 Å². The molecule has 23 heavy (non-hydrogen) atoms. The van der Waals surface area contributed by atoms with Crippen LogP contribution in [-0.4, -0.2) is 27.8 Å². The molecule has 0 radical (unpaired) electrons. The van der Waals surface area contributed by atoms with E-state index < -0.39 is 0 Å².